The maximum Gasteiger partial charge on any atom is 0.546 e. The minimum atomic E-state index is -0.440. The molecule has 0 unspecified atom stereocenters. The maximum atomic E-state index is 10.5. The van der Waals surface area contributed by atoms with Gasteiger partial charge in [0.05, 0.1) is 5.41 Å². The zero-order valence-electron chi connectivity index (χ0n) is 6.32. The summed E-state index contributed by atoms with van der Waals surface area (Å²) in [5.74, 6) is 0.266. The highest BCUT2D eigenvalue weighted by Crippen LogP contribution is 2.13. The van der Waals surface area contributed by atoms with Crippen LogP contribution in [0.3, 0.4) is 0 Å². The third-order valence-corrected chi connectivity index (χ3v) is 1.22. The van der Waals surface area contributed by atoms with E-state index >= 15 is 0 Å². The summed E-state index contributed by atoms with van der Waals surface area (Å²) in [6, 6.07) is 0. The van der Waals surface area contributed by atoms with Crippen molar-refractivity contribution in [1.82, 2.24) is 4.98 Å². The van der Waals surface area contributed by atoms with Crippen molar-refractivity contribution in [1.29, 1.82) is 0 Å². The molecule has 1 heterocycles. The Hall–Kier alpha value is -1.06. The first-order valence-electron chi connectivity index (χ1n) is 3.11. The van der Waals surface area contributed by atoms with E-state index < -0.39 is 5.76 Å². The molecule has 1 aromatic rings. The predicted octanol–water partition coefficient (Wildman–Crippen LogP) is 0.0795. The van der Waals surface area contributed by atoms with Crippen LogP contribution in [0.2, 0.25) is 0 Å². The highest BCUT2D eigenvalue weighted by molar-refractivity contribution is 4.90. The van der Waals surface area contributed by atoms with Crippen molar-refractivity contribution in [2.24, 2.45) is 0 Å². The summed E-state index contributed by atoms with van der Waals surface area (Å²) in [4.78, 5) is 13.0. The summed E-state index contributed by atoms with van der Waals surface area (Å²) in [5, 5.41) is 2.50. The van der Waals surface area contributed by atoms with Gasteiger partial charge in [-0.2, -0.15) is 9.78 Å². The summed E-state index contributed by atoms with van der Waals surface area (Å²) in [7, 11) is 0. The van der Waals surface area contributed by atoms with Crippen molar-refractivity contribution in [3.05, 3.63) is 16.4 Å². The molecule has 2 N–H and O–H groups in total. The third kappa shape index (κ3) is 1.26. The van der Waals surface area contributed by atoms with Gasteiger partial charge in [0.1, 0.15) is 0 Å². The highest BCUT2D eigenvalue weighted by Gasteiger charge is 2.24. The molecule has 0 aliphatic heterocycles. The van der Waals surface area contributed by atoms with Crippen LogP contribution in [0, 0.1) is 0 Å². The number of hydrogen-bond acceptors (Lipinski definition) is 2. The number of nitrogens with one attached hydrogen (secondary N) is 2. The van der Waals surface area contributed by atoms with E-state index in [4.69, 9.17) is 0 Å². The van der Waals surface area contributed by atoms with Crippen molar-refractivity contribution in [3.63, 3.8) is 0 Å². The van der Waals surface area contributed by atoms with Gasteiger partial charge in [-0.15, -0.1) is 0 Å². The fourth-order valence-corrected chi connectivity index (χ4v) is 0.591. The fraction of sp³-hybridized carbons (Fsp3) is 0.667. The van der Waals surface area contributed by atoms with Crippen LogP contribution in [0.4, 0.5) is 0 Å². The lowest BCUT2D eigenvalue weighted by molar-refractivity contribution is -0.622. The van der Waals surface area contributed by atoms with Gasteiger partial charge in [-0.1, -0.05) is 5.16 Å². The van der Waals surface area contributed by atoms with E-state index in [0.29, 0.717) is 5.82 Å². The molecule has 10 heavy (non-hydrogen) atoms. The Labute approximate surface area is 58.2 Å². The maximum absolute atomic E-state index is 10.5. The first-order valence-corrected chi connectivity index (χ1v) is 3.11. The molecule has 0 bridgehead atoms. The molecule has 0 saturated heterocycles. The van der Waals surface area contributed by atoms with Gasteiger partial charge < -0.3 is 0 Å². The van der Waals surface area contributed by atoms with Gasteiger partial charge in [-0.3, -0.25) is 0 Å². The Kier molecular flexibility index (Phi) is 1.39. The smallest absolute Gasteiger partial charge is 0.218 e. The molecular weight excluding hydrogens is 132 g/mol. The van der Waals surface area contributed by atoms with Gasteiger partial charge in [-0.05, 0) is 20.8 Å². The molecular formula is C6H11N2O2+. The Balaban J connectivity index is 3.07. The Morgan fingerprint density at radius 2 is 2.10 bits per heavy atom. The fourth-order valence-electron chi connectivity index (χ4n) is 0.591. The standard InChI is InChI=1S/C6H10N2O2/c1-6(2,3)4-7-5(9)10-8-4/h1-3H3,(H,7,8,9)/p+1. The van der Waals surface area contributed by atoms with Gasteiger partial charge in [0, 0.05) is 0 Å². The lowest BCUT2D eigenvalue weighted by atomic mass is 9.96. The van der Waals surface area contributed by atoms with E-state index in [9.17, 15) is 4.79 Å². The van der Waals surface area contributed by atoms with E-state index in [1.807, 2.05) is 20.8 Å². The van der Waals surface area contributed by atoms with Crippen LogP contribution >= 0.6 is 0 Å². The molecule has 0 aliphatic carbocycles. The van der Waals surface area contributed by atoms with Crippen LogP contribution in [-0.2, 0) is 5.41 Å². The summed E-state index contributed by atoms with van der Waals surface area (Å²) >= 11 is 0. The Morgan fingerprint density at radius 3 is 2.30 bits per heavy atom. The quantitative estimate of drug-likeness (QED) is 0.559. The van der Waals surface area contributed by atoms with Crippen LogP contribution in [0.15, 0.2) is 9.32 Å². The minimum absolute atomic E-state index is 0.0911. The highest BCUT2D eigenvalue weighted by atomic mass is 16.5. The van der Waals surface area contributed by atoms with E-state index in [1.54, 1.807) is 0 Å². The summed E-state index contributed by atoms with van der Waals surface area (Å²) < 4.78 is 4.45. The van der Waals surface area contributed by atoms with Crippen molar-refractivity contribution in [2.45, 2.75) is 26.2 Å². The average Bonchev–Trinajstić information content (AvgIpc) is 2.11. The molecule has 0 saturated carbocycles. The second-order valence-corrected chi connectivity index (χ2v) is 3.24. The molecule has 0 radical (unpaired) electrons. The largest absolute Gasteiger partial charge is 0.546 e. The summed E-state index contributed by atoms with van der Waals surface area (Å²) in [6.45, 7) is 5.93. The number of rotatable bonds is 0. The monoisotopic (exact) mass is 143 g/mol. The lowest BCUT2D eigenvalue weighted by Crippen LogP contribution is -2.22. The normalized spacial score (nSPS) is 11.9. The topological polar surface area (TPSA) is 60.1 Å². The van der Waals surface area contributed by atoms with Crippen molar-refractivity contribution >= 4 is 0 Å². The number of aromatic nitrogens is 2. The molecule has 1 rings (SSSR count). The van der Waals surface area contributed by atoms with Gasteiger partial charge in [0.15, 0.2) is 0 Å². The number of aromatic amines is 2. The van der Waals surface area contributed by atoms with Crippen molar-refractivity contribution in [3.8, 4) is 0 Å². The second-order valence-electron chi connectivity index (χ2n) is 3.24. The van der Waals surface area contributed by atoms with Crippen molar-refractivity contribution in [2.75, 3.05) is 0 Å². The second kappa shape index (κ2) is 1.97. The lowest BCUT2D eigenvalue weighted by Gasteiger charge is -2.06. The summed E-state index contributed by atoms with van der Waals surface area (Å²) in [5.41, 5.74) is -0.0911. The molecule has 56 valence electrons. The van der Waals surface area contributed by atoms with Gasteiger partial charge in [-0.25, -0.2) is 4.52 Å². The van der Waals surface area contributed by atoms with Gasteiger partial charge in [0.25, 0.3) is 5.82 Å². The molecule has 0 atom stereocenters. The summed E-state index contributed by atoms with van der Waals surface area (Å²) in [6.07, 6.45) is 0. The predicted molar refractivity (Wildman–Crippen MR) is 34.6 cm³/mol. The SMILES string of the molecule is CC(C)(C)c1[nH]c(=O)o[nH+]1. The zero-order chi connectivity index (χ0) is 7.78. The molecule has 1 aromatic heterocycles. The third-order valence-electron chi connectivity index (χ3n) is 1.22. The minimum Gasteiger partial charge on any atom is -0.218 e. The van der Waals surface area contributed by atoms with Gasteiger partial charge >= 0.3 is 5.76 Å². The van der Waals surface area contributed by atoms with E-state index in [1.165, 1.54) is 0 Å². The van der Waals surface area contributed by atoms with E-state index in [-0.39, 0.29) is 5.41 Å². The van der Waals surface area contributed by atoms with Crippen LogP contribution in [0.5, 0.6) is 0 Å². The van der Waals surface area contributed by atoms with Crippen LogP contribution in [0.1, 0.15) is 26.6 Å². The zero-order valence-corrected chi connectivity index (χ0v) is 6.32. The van der Waals surface area contributed by atoms with E-state index in [0.717, 1.165) is 0 Å². The molecule has 0 aliphatic rings. The number of hydrogen-bond donors (Lipinski definition) is 1. The molecule has 0 aromatic carbocycles. The molecule has 0 fully saturated rings. The molecule has 0 amide bonds. The molecule has 0 spiro atoms. The van der Waals surface area contributed by atoms with Crippen LogP contribution in [-0.4, -0.2) is 4.98 Å². The molecule has 4 nitrogen and oxygen atoms in total. The van der Waals surface area contributed by atoms with Crippen molar-refractivity contribution < 1.29 is 9.68 Å². The number of H-pyrrole nitrogens is 2. The Bertz CT molecular complexity index is 266. The average molecular weight is 143 g/mol. The first-order chi connectivity index (χ1) is 4.50. The van der Waals surface area contributed by atoms with E-state index in [2.05, 4.69) is 14.7 Å². The Morgan fingerprint density at radius 1 is 1.50 bits per heavy atom. The van der Waals surface area contributed by atoms with Gasteiger partial charge in [0.2, 0.25) is 0 Å². The van der Waals surface area contributed by atoms with Crippen LogP contribution < -0.4 is 10.9 Å². The molecule has 4 heteroatoms. The van der Waals surface area contributed by atoms with Crippen LogP contribution in [0.25, 0.3) is 0 Å². The first kappa shape index (κ1) is 7.05.